The topological polar surface area (TPSA) is 81.9 Å². The van der Waals surface area contributed by atoms with E-state index in [0.717, 1.165) is 18.8 Å². The molecule has 0 aliphatic carbocycles. The van der Waals surface area contributed by atoms with Gasteiger partial charge >= 0.3 is 0 Å². The number of carbonyl (C=O) groups is 1. The van der Waals surface area contributed by atoms with Gasteiger partial charge in [-0.3, -0.25) is 14.9 Å². The van der Waals surface area contributed by atoms with E-state index in [0.29, 0.717) is 30.1 Å². The molecule has 0 spiro atoms. The van der Waals surface area contributed by atoms with E-state index < -0.39 is 4.92 Å². The zero-order valence-corrected chi connectivity index (χ0v) is 15.0. The maximum atomic E-state index is 12.4. The van der Waals surface area contributed by atoms with Crippen molar-refractivity contribution in [2.24, 2.45) is 0 Å². The summed E-state index contributed by atoms with van der Waals surface area (Å²) in [5.74, 6) is 0.178. The van der Waals surface area contributed by atoms with Crippen molar-refractivity contribution in [3.8, 4) is 5.75 Å². The number of allylic oxidation sites excluding steroid dienone is 1. The van der Waals surface area contributed by atoms with Crippen molar-refractivity contribution in [3.63, 3.8) is 0 Å². The molecule has 0 saturated carbocycles. The number of hydrogen-bond donors (Lipinski definition) is 0. The van der Waals surface area contributed by atoms with Crippen LogP contribution in [0.5, 0.6) is 5.75 Å². The highest BCUT2D eigenvalue weighted by molar-refractivity contribution is 6.07. The SMILES string of the molecule is COc1ccc(/C=C/C(=O)c2ccc(N3CCOCC3)cc2)c([N+](=O)[O-])c1. The second-order valence-electron chi connectivity index (χ2n) is 6.03. The number of hydrogen-bond acceptors (Lipinski definition) is 6. The Balaban J connectivity index is 1.74. The summed E-state index contributed by atoms with van der Waals surface area (Å²) in [5, 5.41) is 11.2. The molecule has 2 aromatic carbocycles. The van der Waals surface area contributed by atoms with Crippen LogP contribution >= 0.6 is 0 Å². The third kappa shape index (κ3) is 4.51. The van der Waals surface area contributed by atoms with Crippen molar-refractivity contribution < 1.29 is 19.2 Å². The van der Waals surface area contributed by atoms with Gasteiger partial charge in [0.2, 0.25) is 0 Å². The summed E-state index contributed by atoms with van der Waals surface area (Å²) < 4.78 is 10.3. The molecule has 0 bridgehead atoms. The Hall–Kier alpha value is -3.19. The van der Waals surface area contributed by atoms with Gasteiger partial charge in [-0.25, -0.2) is 0 Å². The lowest BCUT2D eigenvalue weighted by Crippen LogP contribution is -2.36. The Kier molecular flexibility index (Phi) is 5.83. The summed E-state index contributed by atoms with van der Waals surface area (Å²) in [6.45, 7) is 3.05. The summed E-state index contributed by atoms with van der Waals surface area (Å²) >= 11 is 0. The highest BCUT2D eigenvalue weighted by atomic mass is 16.6. The number of nitro benzene ring substituents is 1. The highest BCUT2D eigenvalue weighted by Gasteiger charge is 2.14. The van der Waals surface area contributed by atoms with Crippen LogP contribution in [0.2, 0.25) is 0 Å². The first-order valence-electron chi connectivity index (χ1n) is 8.56. The largest absolute Gasteiger partial charge is 0.497 e. The second-order valence-corrected chi connectivity index (χ2v) is 6.03. The number of nitrogens with zero attached hydrogens (tertiary/aromatic N) is 2. The Morgan fingerprint density at radius 1 is 1.19 bits per heavy atom. The van der Waals surface area contributed by atoms with Gasteiger partial charge in [0, 0.05) is 24.3 Å². The maximum Gasteiger partial charge on any atom is 0.280 e. The molecule has 0 amide bonds. The molecule has 1 aliphatic heterocycles. The summed E-state index contributed by atoms with van der Waals surface area (Å²) in [6.07, 6.45) is 2.80. The van der Waals surface area contributed by atoms with E-state index in [4.69, 9.17) is 9.47 Å². The van der Waals surface area contributed by atoms with E-state index in [1.807, 2.05) is 12.1 Å². The first-order chi connectivity index (χ1) is 13.1. The van der Waals surface area contributed by atoms with Crippen LogP contribution in [0.3, 0.4) is 0 Å². The van der Waals surface area contributed by atoms with Gasteiger partial charge in [0.1, 0.15) is 5.75 Å². The molecule has 0 aromatic heterocycles. The van der Waals surface area contributed by atoms with Crippen molar-refractivity contribution in [2.45, 2.75) is 0 Å². The van der Waals surface area contributed by atoms with Gasteiger partial charge in [-0.05, 0) is 48.6 Å². The first kappa shape index (κ1) is 18.6. The lowest BCUT2D eigenvalue weighted by atomic mass is 10.1. The molecule has 0 unspecified atom stereocenters. The van der Waals surface area contributed by atoms with E-state index in [-0.39, 0.29) is 11.5 Å². The standard InChI is InChI=1S/C20H20N2O5/c1-26-18-8-4-15(19(14-18)22(24)25)5-9-20(23)16-2-6-17(7-3-16)21-10-12-27-13-11-21/h2-9,14H,10-13H2,1H3/b9-5+. The first-order valence-corrected chi connectivity index (χ1v) is 8.56. The molecule has 0 radical (unpaired) electrons. The van der Waals surface area contributed by atoms with Crippen molar-refractivity contribution >= 4 is 23.2 Å². The summed E-state index contributed by atoms with van der Waals surface area (Å²) in [6, 6.07) is 11.8. The van der Waals surface area contributed by atoms with Crippen LogP contribution in [0.15, 0.2) is 48.5 Å². The minimum Gasteiger partial charge on any atom is -0.497 e. The smallest absolute Gasteiger partial charge is 0.280 e. The van der Waals surface area contributed by atoms with Crippen molar-refractivity contribution in [1.29, 1.82) is 0 Å². The van der Waals surface area contributed by atoms with Crippen LogP contribution in [-0.4, -0.2) is 44.1 Å². The third-order valence-corrected chi connectivity index (χ3v) is 4.38. The quantitative estimate of drug-likeness (QED) is 0.337. The number of methoxy groups -OCH3 is 1. The molecule has 3 rings (SSSR count). The number of anilines is 1. The number of ether oxygens (including phenoxy) is 2. The predicted octanol–water partition coefficient (Wildman–Crippen LogP) is 3.34. The van der Waals surface area contributed by atoms with Crippen LogP contribution in [0.25, 0.3) is 6.08 Å². The van der Waals surface area contributed by atoms with Crippen molar-refractivity contribution in [2.75, 3.05) is 38.3 Å². The monoisotopic (exact) mass is 368 g/mol. The number of rotatable bonds is 6. The molecule has 1 saturated heterocycles. The molecular weight excluding hydrogens is 348 g/mol. The van der Waals surface area contributed by atoms with Crippen LogP contribution in [-0.2, 0) is 4.74 Å². The van der Waals surface area contributed by atoms with Crippen LogP contribution in [0.4, 0.5) is 11.4 Å². The van der Waals surface area contributed by atoms with Gasteiger partial charge in [0.15, 0.2) is 5.78 Å². The summed E-state index contributed by atoms with van der Waals surface area (Å²) in [5.41, 5.74) is 1.81. The Bertz CT molecular complexity index is 855. The van der Waals surface area contributed by atoms with Crippen LogP contribution < -0.4 is 9.64 Å². The van der Waals surface area contributed by atoms with Gasteiger partial charge in [-0.1, -0.05) is 0 Å². The molecule has 7 nitrogen and oxygen atoms in total. The minimum absolute atomic E-state index is 0.110. The molecule has 0 N–H and O–H groups in total. The number of benzene rings is 2. The average Bonchev–Trinajstić information content (AvgIpc) is 2.72. The molecule has 140 valence electrons. The molecule has 1 fully saturated rings. The third-order valence-electron chi connectivity index (χ3n) is 4.38. The lowest BCUT2D eigenvalue weighted by Gasteiger charge is -2.28. The Morgan fingerprint density at radius 2 is 1.89 bits per heavy atom. The fourth-order valence-electron chi connectivity index (χ4n) is 2.87. The number of morpholine rings is 1. The van der Waals surface area contributed by atoms with E-state index in [2.05, 4.69) is 4.90 Å². The fourth-order valence-corrected chi connectivity index (χ4v) is 2.87. The normalized spacial score (nSPS) is 14.3. The van der Waals surface area contributed by atoms with Crippen LogP contribution in [0, 0.1) is 10.1 Å². The number of ketones is 1. The van der Waals surface area contributed by atoms with Crippen LogP contribution in [0.1, 0.15) is 15.9 Å². The summed E-state index contributed by atoms with van der Waals surface area (Å²) in [4.78, 5) is 25.3. The average molecular weight is 368 g/mol. The number of nitro groups is 1. The fraction of sp³-hybridized carbons (Fsp3) is 0.250. The molecule has 27 heavy (non-hydrogen) atoms. The maximum absolute atomic E-state index is 12.4. The van der Waals surface area contributed by atoms with E-state index in [1.165, 1.54) is 25.3 Å². The van der Waals surface area contributed by atoms with Gasteiger partial charge in [-0.2, -0.15) is 0 Å². The second kappa shape index (κ2) is 8.46. The van der Waals surface area contributed by atoms with E-state index in [9.17, 15) is 14.9 Å². The van der Waals surface area contributed by atoms with Crippen molar-refractivity contribution in [1.82, 2.24) is 0 Å². The molecule has 1 aliphatic rings. The Labute approximate surface area is 157 Å². The molecular formula is C20H20N2O5. The zero-order chi connectivity index (χ0) is 19.2. The van der Waals surface area contributed by atoms with Gasteiger partial charge in [-0.15, -0.1) is 0 Å². The highest BCUT2D eigenvalue weighted by Crippen LogP contribution is 2.26. The van der Waals surface area contributed by atoms with E-state index >= 15 is 0 Å². The zero-order valence-electron chi connectivity index (χ0n) is 15.0. The van der Waals surface area contributed by atoms with Gasteiger partial charge < -0.3 is 14.4 Å². The van der Waals surface area contributed by atoms with Gasteiger partial charge in [0.05, 0.1) is 36.9 Å². The summed E-state index contributed by atoms with van der Waals surface area (Å²) in [7, 11) is 1.44. The molecule has 7 heteroatoms. The van der Waals surface area contributed by atoms with E-state index in [1.54, 1.807) is 24.3 Å². The predicted molar refractivity (Wildman–Crippen MR) is 102 cm³/mol. The molecule has 2 aromatic rings. The number of carbonyl (C=O) groups excluding carboxylic acids is 1. The minimum atomic E-state index is -0.496. The Morgan fingerprint density at radius 3 is 2.52 bits per heavy atom. The molecule has 1 heterocycles. The lowest BCUT2D eigenvalue weighted by molar-refractivity contribution is -0.385. The van der Waals surface area contributed by atoms with Crippen molar-refractivity contribution in [3.05, 3.63) is 69.8 Å². The van der Waals surface area contributed by atoms with Gasteiger partial charge in [0.25, 0.3) is 5.69 Å². The molecule has 0 atom stereocenters.